The van der Waals surface area contributed by atoms with E-state index >= 15 is 0 Å². The van der Waals surface area contributed by atoms with Crippen LogP contribution in [0.4, 0.5) is 27.6 Å². The first-order valence-corrected chi connectivity index (χ1v) is 9.38. The average Bonchev–Trinajstić information content (AvgIpc) is 3.26. The number of carbonyl (C=O) groups excluding carboxylic acids is 2. The van der Waals surface area contributed by atoms with Crippen LogP contribution in [-0.2, 0) is 6.18 Å². The Morgan fingerprint density at radius 2 is 1.85 bits per heavy atom. The maximum absolute atomic E-state index is 13.2. The van der Waals surface area contributed by atoms with Gasteiger partial charge in [-0.05, 0) is 30.3 Å². The number of benzene rings is 2. The largest absolute Gasteiger partial charge is 0.586 e. The molecule has 172 valence electrons. The van der Waals surface area contributed by atoms with Crippen molar-refractivity contribution in [2.24, 2.45) is 0 Å². The van der Waals surface area contributed by atoms with E-state index in [1.807, 2.05) is 0 Å². The molecule has 1 aliphatic heterocycles. The molecule has 1 aromatic heterocycles. The molecule has 0 N–H and O–H groups in total. The molecule has 0 unspecified atom stereocenters. The number of hydrogen-bond donors (Lipinski definition) is 0. The van der Waals surface area contributed by atoms with Crippen LogP contribution in [0, 0.1) is 0 Å². The average molecular weight is 488 g/mol. The van der Waals surface area contributed by atoms with Gasteiger partial charge in [-0.3, -0.25) is 9.59 Å². The van der Waals surface area contributed by atoms with Crippen molar-refractivity contribution < 1.29 is 41.0 Å². The molecule has 0 saturated heterocycles. The molecule has 0 spiro atoms. The smallest absolute Gasteiger partial charge is 0.395 e. The molecule has 0 radical (unpaired) electrons. The monoisotopic (exact) mass is 487 g/mol. The summed E-state index contributed by atoms with van der Waals surface area (Å²) in [6.07, 6.45) is -8.80. The van der Waals surface area contributed by atoms with Crippen LogP contribution in [0.2, 0.25) is 5.15 Å². The lowest BCUT2D eigenvalue weighted by Crippen LogP contribution is -2.26. The van der Waals surface area contributed by atoms with Crippen LogP contribution in [0.25, 0.3) is 5.69 Å². The van der Waals surface area contributed by atoms with Gasteiger partial charge in [-0.15, -0.1) is 8.78 Å². The summed E-state index contributed by atoms with van der Waals surface area (Å²) in [5, 5.41) is 2.80. The maximum atomic E-state index is 13.2. The highest BCUT2D eigenvalue weighted by atomic mass is 35.5. The molecule has 13 heteroatoms. The van der Waals surface area contributed by atoms with Crippen molar-refractivity contribution in [2.45, 2.75) is 12.5 Å². The number of ether oxygens (including phenoxy) is 2. The van der Waals surface area contributed by atoms with Crippen LogP contribution in [0.3, 0.4) is 0 Å². The summed E-state index contributed by atoms with van der Waals surface area (Å²) in [7, 11) is 1.36. The summed E-state index contributed by atoms with van der Waals surface area (Å²) in [5.41, 5.74) is -2.11. The molecule has 3 aromatic rings. The van der Waals surface area contributed by atoms with Crippen molar-refractivity contribution in [1.82, 2.24) is 9.78 Å². The molecular weight excluding hydrogens is 477 g/mol. The van der Waals surface area contributed by atoms with Crippen LogP contribution < -0.4 is 14.4 Å². The number of amides is 1. The number of rotatable bonds is 4. The third-order valence-corrected chi connectivity index (χ3v) is 5.03. The van der Waals surface area contributed by atoms with Gasteiger partial charge in [-0.25, -0.2) is 4.68 Å². The number of hydrogen-bond acceptors (Lipinski definition) is 5. The molecule has 0 fully saturated rings. The molecule has 2 aromatic carbocycles. The predicted octanol–water partition coefficient (Wildman–Crippen LogP) is 4.96. The molecule has 7 nitrogen and oxygen atoms in total. The normalized spacial score (nSPS) is 14.3. The summed E-state index contributed by atoms with van der Waals surface area (Å²) in [6.45, 7) is 0. The zero-order chi connectivity index (χ0) is 24.1. The number of carbonyl (C=O) groups is 2. The van der Waals surface area contributed by atoms with Gasteiger partial charge in [0, 0.05) is 24.4 Å². The second-order valence-electron chi connectivity index (χ2n) is 6.79. The second-order valence-corrected chi connectivity index (χ2v) is 7.15. The molecule has 0 bridgehead atoms. The SMILES string of the molecule is CN(C(=O)c1cccc(-n2nc(C(F)(F)F)c(C=O)c2Cl)c1)c1ccc2c(c1)OC(F)(F)O2. The molecule has 0 atom stereocenters. The number of alkyl halides is 5. The molecule has 1 amide bonds. The minimum atomic E-state index is -4.92. The van der Waals surface area contributed by atoms with E-state index in [1.54, 1.807) is 0 Å². The zero-order valence-corrected chi connectivity index (χ0v) is 17.1. The fraction of sp³-hybridized carbons (Fsp3) is 0.150. The zero-order valence-electron chi connectivity index (χ0n) is 16.4. The van der Waals surface area contributed by atoms with Crippen molar-refractivity contribution in [3.8, 4) is 17.2 Å². The third kappa shape index (κ3) is 4.09. The number of aldehydes is 1. The quantitative estimate of drug-likeness (QED) is 0.384. The number of anilines is 1. The van der Waals surface area contributed by atoms with Gasteiger partial charge in [0.25, 0.3) is 5.91 Å². The standard InChI is InChI=1S/C20H11ClF5N3O4/c1-28(11-5-6-14-15(8-11)33-20(25,26)32-14)18(31)10-3-2-4-12(7-10)29-17(21)13(9-30)16(27-29)19(22,23)24/h2-9H,1H3. The minimum absolute atomic E-state index is 0.0109. The molecule has 4 rings (SSSR count). The Morgan fingerprint density at radius 1 is 1.15 bits per heavy atom. The first kappa shape index (κ1) is 22.5. The van der Waals surface area contributed by atoms with E-state index in [-0.39, 0.29) is 34.7 Å². The van der Waals surface area contributed by atoms with Gasteiger partial charge in [-0.2, -0.15) is 18.3 Å². The van der Waals surface area contributed by atoms with Crippen molar-refractivity contribution in [3.05, 3.63) is 64.4 Å². The van der Waals surface area contributed by atoms with Gasteiger partial charge in [0.15, 0.2) is 23.5 Å². The highest BCUT2D eigenvalue weighted by molar-refractivity contribution is 6.32. The lowest BCUT2D eigenvalue weighted by Gasteiger charge is -2.18. The van der Waals surface area contributed by atoms with E-state index < -0.39 is 34.8 Å². The van der Waals surface area contributed by atoms with Crippen molar-refractivity contribution >= 4 is 29.5 Å². The molecule has 2 heterocycles. The molecule has 0 aliphatic carbocycles. The second kappa shape index (κ2) is 7.73. The van der Waals surface area contributed by atoms with Crippen LogP contribution >= 0.6 is 11.6 Å². The lowest BCUT2D eigenvalue weighted by molar-refractivity contribution is -0.286. The van der Waals surface area contributed by atoms with E-state index in [4.69, 9.17) is 11.6 Å². The summed E-state index contributed by atoms with van der Waals surface area (Å²) < 4.78 is 75.3. The fourth-order valence-corrected chi connectivity index (χ4v) is 3.39. The summed E-state index contributed by atoms with van der Waals surface area (Å²) in [6, 6.07) is 9.04. The number of nitrogens with zero attached hydrogens (tertiary/aromatic N) is 3. The van der Waals surface area contributed by atoms with E-state index in [9.17, 15) is 31.5 Å². The highest BCUT2D eigenvalue weighted by Gasteiger charge is 2.43. The Hall–Kier alpha value is -3.67. The summed E-state index contributed by atoms with van der Waals surface area (Å²) in [4.78, 5) is 25.2. The third-order valence-electron chi connectivity index (χ3n) is 4.66. The van der Waals surface area contributed by atoms with E-state index in [2.05, 4.69) is 14.6 Å². The summed E-state index contributed by atoms with van der Waals surface area (Å²) in [5.74, 6) is -1.10. The first-order chi connectivity index (χ1) is 15.4. The van der Waals surface area contributed by atoms with Crippen LogP contribution in [0.5, 0.6) is 11.5 Å². The van der Waals surface area contributed by atoms with Gasteiger partial charge >= 0.3 is 12.5 Å². The van der Waals surface area contributed by atoms with E-state index in [0.717, 1.165) is 4.90 Å². The molecule has 0 saturated carbocycles. The number of halogens is 6. The fourth-order valence-electron chi connectivity index (χ4n) is 3.12. The van der Waals surface area contributed by atoms with Crippen molar-refractivity contribution in [3.63, 3.8) is 0 Å². The maximum Gasteiger partial charge on any atom is 0.586 e. The van der Waals surface area contributed by atoms with Crippen molar-refractivity contribution in [2.75, 3.05) is 11.9 Å². The number of fused-ring (bicyclic) bond motifs is 1. The summed E-state index contributed by atoms with van der Waals surface area (Å²) >= 11 is 5.92. The van der Waals surface area contributed by atoms with Gasteiger partial charge in [0.1, 0.15) is 5.15 Å². The Kier molecular flexibility index (Phi) is 5.27. The molecular formula is C20H11ClF5N3O4. The Bertz CT molecular complexity index is 1280. The van der Waals surface area contributed by atoms with E-state index in [0.29, 0.717) is 4.68 Å². The Morgan fingerprint density at radius 3 is 2.48 bits per heavy atom. The van der Waals surface area contributed by atoms with Crippen molar-refractivity contribution in [1.29, 1.82) is 0 Å². The predicted molar refractivity (Wildman–Crippen MR) is 104 cm³/mol. The van der Waals surface area contributed by atoms with Crippen LogP contribution in [0.15, 0.2) is 42.5 Å². The molecule has 1 aliphatic rings. The Labute approximate surface area is 186 Å². The van der Waals surface area contributed by atoms with Gasteiger partial charge < -0.3 is 14.4 Å². The Balaban J connectivity index is 1.66. The van der Waals surface area contributed by atoms with Crippen LogP contribution in [0.1, 0.15) is 26.4 Å². The van der Waals surface area contributed by atoms with Gasteiger partial charge in [0.05, 0.1) is 11.3 Å². The van der Waals surface area contributed by atoms with Gasteiger partial charge in [-0.1, -0.05) is 17.7 Å². The van der Waals surface area contributed by atoms with Crippen LogP contribution in [-0.4, -0.2) is 35.3 Å². The first-order valence-electron chi connectivity index (χ1n) is 9.00. The van der Waals surface area contributed by atoms with Gasteiger partial charge in [0.2, 0.25) is 0 Å². The topological polar surface area (TPSA) is 73.7 Å². The molecule has 33 heavy (non-hydrogen) atoms. The number of aromatic nitrogens is 2. The highest BCUT2D eigenvalue weighted by Crippen LogP contribution is 2.43. The lowest BCUT2D eigenvalue weighted by atomic mass is 10.1. The minimum Gasteiger partial charge on any atom is -0.395 e. The van der Waals surface area contributed by atoms with E-state index in [1.165, 1.54) is 49.5 Å².